The first-order valence-corrected chi connectivity index (χ1v) is 9.04. The van der Waals surface area contributed by atoms with Gasteiger partial charge >= 0.3 is 6.03 Å². The van der Waals surface area contributed by atoms with Gasteiger partial charge in [-0.05, 0) is 38.5 Å². The number of urea groups is 1. The predicted octanol–water partition coefficient (Wildman–Crippen LogP) is 2.73. The lowest BCUT2D eigenvalue weighted by Crippen LogP contribution is -2.53. The van der Waals surface area contributed by atoms with Crippen molar-refractivity contribution in [1.82, 2.24) is 14.7 Å². The van der Waals surface area contributed by atoms with E-state index in [9.17, 15) is 10.1 Å². The molecule has 136 valence electrons. The molecule has 0 spiro atoms. The Labute approximate surface area is 150 Å². The molecule has 1 heterocycles. The monoisotopic (exact) mass is 344 g/mol. The standard InChI is InChI=1S/C19H28N4O2/c1-4-21(5-2)19(24)23-13-11-22(12-14-23)18(15-20)16-7-9-17(10-8-16)25-6-3/h7-10,18H,4-6,11-14H2,1-3H3. The van der Waals surface area contributed by atoms with Gasteiger partial charge in [-0.3, -0.25) is 4.90 Å². The largest absolute Gasteiger partial charge is 0.494 e. The molecule has 25 heavy (non-hydrogen) atoms. The van der Waals surface area contributed by atoms with Crippen LogP contribution in [-0.4, -0.2) is 66.6 Å². The summed E-state index contributed by atoms with van der Waals surface area (Å²) in [4.78, 5) is 18.3. The summed E-state index contributed by atoms with van der Waals surface area (Å²) >= 11 is 0. The van der Waals surface area contributed by atoms with Gasteiger partial charge in [0.1, 0.15) is 11.8 Å². The molecule has 0 N–H and O–H groups in total. The molecule has 1 aliphatic heterocycles. The van der Waals surface area contributed by atoms with Crippen LogP contribution in [-0.2, 0) is 0 Å². The summed E-state index contributed by atoms with van der Waals surface area (Å²) < 4.78 is 5.46. The summed E-state index contributed by atoms with van der Waals surface area (Å²) in [5.74, 6) is 0.817. The Bertz CT molecular complexity index is 584. The Hall–Kier alpha value is -2.26. The van der Waals surface area contributed by atoms with E-state index in [1.807, 2.05) is 54.8 Å². The normalized spacial score (nSPS) is 16.2. The first kappa shape index (κ1) is 19.1. The minimum Gasteiger partial charge on any atom is -0.494 e. The molecule has 1 unspecified atom stereocenters. The van der Waals surface area contributed by atoms with E-state index in [4.69, 9.17) is 4.74 Å². The molecule has 2 rings (SSSR count). The fourth-order valence-corrected chi connectivity index (χ4v) is 3.15. The average molecular weight is 344 g/mol. The molecule has 2 amide bonds. The minimum atomic E-state index is -0.290. The second kappa shape index (κ2) is 9.28. The molecular weight excluding hydrogens is 316 g/mol. The second-order valence-electron chi connectivity index (χ2n) is 6.01. The molecule has 1 saturated heterocycles. The van der Waals surface area contributed by atoms with Crippen molar-refractivity contribution in [2.24, 2.45) is 0 Å². The van der Waals surface area contributed by atoms with E-state index in [0.29, 0.717) is 32.8 Å². The van der Waals surface area contributed by atoms with E-state index in [-0.39, 0.29) is 12.1 Å². The summed E-state index contributed by atoms with van der Waals surface area (Å²) in [6.07, 6.45) is 0. The molecule has 0 aliphatic carbocycles. The van der Waals surface area contributed by atoms with Crippen molar-refractivity contribution in [2.75, 3.05) is 45.9 Å². The topological polar surface area (TPSA) is 59.8 Å². The summed E-state index contributed by atoms with van der Waals surface area (Å²) in [7, 11) is 0. The van der Waals surface area contributed by atoms with Crippen molar-refractivity contribution in [3.05, 3.63) is 29.8 Å². The van der Waals surface area contributed by atoms with Crippen LogP contribution in [0.1, 0.15) is 32.4 Å². The Morgan fingerprint density at radius 2 is 1.76 bits per heavy atom. The van der Waals surface area contributed by atoms with Crippen LogP contribution >= 0.6 is 0 Å². The lowest BCUT2D eigenvalue weighted by molar-refractivity contribution is 0.104. The number of rotatable bonds is 6. The summed E-state index contributed by atoms with van der Waals surface area (Å²) in [5, 5.41) is 9.63. The number of carbonyl (C=O) groups is 1. The van der Waals surface area contributed by atoms with Crippen molar-refractivity contribution in [1.29, 1.82) is 5.26 Å². The van der Waals surface area contributed by atoms with Crippen LogP contribution in [0.2, 0.25) is 0 Å². The molecule has 0 bridgehead atoms. The number of carbonyl (C=O) groups excluding carboxylic acids is 1. The Morgan fingerprint density at radius 3 is 2.24 bits per heavy atom. The van der Waals surface area contributed by atoms with Crippen molar-refractivity contribution in [3.8, 4) is 11.8 Å². The SMILES string of the molecule is CCOc1ccc(C(C#N)N2CCN(C(=O)N(CC)CC)CC2)cc1. The number of benzene rings is 1. The van der Waals surface area contributed by atoms with E-state index in [1.54, 1.807) is 0 Å². The smallest absolute Gasteiger partial charge is 0.320 e. The first-order chi connectivity index (χ1) is 12.1. The zero-order valence-electron chi connectivity index (χ0n) is 15.4. The lowest BCUT2D eigenvalue weighted by Gasteiger charge is -2.38. The Morgan fingerprint density at radius 1 is 1.16 bits per heavy atom. The molecule has 0 saturated carbocycles. The van der Waals surface area contributed by atoms with Gasteiger partial charge in [0.05, 0.1) is 12.7 Å². The number of nitrogens with zero attached hydrogens (tertiary/aromatic N) is 4. The molecule has 1 aliphatic rings. The molecule has 6 nitrogen and oxygen atoms in total. The number of amides is 2. The van der Waals surface area contributed by atoms with Crippen LogP contribution in [0.4, 0.5) is 4.79 Å². The van der Waals surface area contributed by atoms with Gasteiger partial charge in [0.2, 0.25) is 0 Å². The maximum atomic E-state index is 12.4. The van der Waals surface area contributed by atoms with Crippen LogP contribution in [0.3, 0.4) is 0 Å². The van der Waals surface area contributed by atoms with Gasteiger partial charge in [-0.15, -0.1) is 0 Å². The Kier molecular flexibility index (Phi) is 7.08. The van der Waals surface area contributed by atoms with E-state index in [2.05, 4.69) is 11.0 Å². The van der Waals surface area contributed by atoms with E-state index in [1.165, 1.54) is 0 Å². The number of hydrogen-bond acceptors (Lipinski definition) is 4. The summed E-state index contributed by atoms with van der Waals surface area (Å²) in [5.41, 5.74) is 0.967. The molecule has 0 aromatic heterocycles. The molecule has 1 aromatic rings. The Balaban J connectivity index is 1.98. The van der Waals surface area contributed by atoms with Gasteiger partial charge in [-0.2, -0.15) is 5.26 Å². The summed E-state index contributed by atoms with van der Waals surface area (Å²) in [6, 6.07) is 9.92. The van der Waals surface area contributed by atoms with Gasteiger partial charge in [0.15, 0.2) is 0 Å². The van der Waals surface area contributed by atoms with Crippen molar-refractivity contribution in [3.63, 3.8) is 0 Å². The fourth-order valence-electron chi connectivity index (χ4n) is 3.15. The van der Waals surface area contributed by atoms with Crippen molar-refractivity contribution >= 4 is 6.03 Å². The van der Waals surface area contributed by atoms with E-state index < -0.39 is 0 Å². The van der Waals surface area contributed by atoms with Gasteiger partial charge < -0.3 is 14.5 Å². The highest BCUT2D eigenvalue weighted by molar-refractivity contribution is 5.74. The van der Waals surface area contributed by atoms with Gasteiger partial charge in [-0.25, -0.2) is 4.79 Å². The molecule has 1 fully saturated rings. The molecule has 1 aromatic carbocycles. The van der Waals surface area contributed by atoms with Crippen LogP contribution in [0, 0.1) is 11.3 Å². The maximum Gasteiger partial charge on any atom is 0.320 e. The third-order valence-corrected chi connectivity index (χ3v) is 4.61. The highest BCUT2D eigenvalue weighted by atomic mass is 16.5. The molecule has 6 heteroatoms. The van der Waals surface area contributed by atoms with Crippen LogP contribution in [0.15, 0.2) is 24.3 Å². The third-order valence-electron chi connectivity index (χ3n) is 4.61. The highest BCUT2D eigenvalue weighted by Crippen LogP contribution is 2.24. The fraction of sp³-hybridized carbons (Fsp3) is 0.579. The lowest BCUT2D eigenvalue weighted by atomic mass is 10.1. The van der Waals surface area contributed by atoms with Crippen molar-refractivity contribution < 1.29 is 9.53 Å². The molecule has 1 atom stereocenters. The molecular formula is C19H28N4O2. The maximum absolute atomic E-state index is 12.4. The summed E-state index contributed by atoms with van der Waals surface area (Å²) in [6.45, 7) is 10.7. The zero-order valence-corrected chi connectivity index (χ0v) is 15.4. The zero-order chi connectivity index (χ0) is 18.2. The van der Waals surface area contributed by atoms with Gasteiger partial charge in [0, 0.05) is 39.3 Å². The average Bonchev–Trinajstić information content (AvgIpc) is 2.65. The number of nitriles is 1. The molecule has 0 radical (unpaired) electrons. The highest BCUT2D eigenvalue weighted by Gasteiger charge is 2.28. The van der Waals surface area contributed by atoms with Crippen LogP contribution < -0.4 is 4.74 Å². The number of piperazine rings is 1. The first-order valence-electron chi connectivity index (χ1n) is 9.04. The number of hydrogen-bond donors (Lipinski definition) is 0. The van der Waals surface area contributed by atoms with Crippen LogP contribution in [0.25, 0.3) is 0 Å². The van der Waals surface area contributed by atoms with Crippen molar-refractivity contribution in [2.45, 2.75) is 26.8 Å². The predicted molar refractivity (Wildman–Crippen MR) is 97.4 cm³/mol. The van der Waals surface area contributed by atoms with E-state index >= 15 is 0 Å². The van der Waals surface area contributed by atoms with Crippen LogP contribution in [0.5, 0.6) is 5.75 Å². The second-order valence-corrected chi connectivity index (χ2v) is 6.01. The number of ether oxygens (including phenoxy) is 1. The van der Waals surface area contributed by atoms with E-state index in [0.717, 1.165) is 24.4 Å². The van der Waals surface area contributed by atoms with Gasteiger partial charge in [0.25, 0.3) is 0 Å². The minimum absolute atomic E-state index is 0.0965. The quantitative estimate of drug-likeness (QED) is 0.796. The third kappa shape index (κ3) is 4.64. The van der Waals surface area contributed by atoms with Gasteiger partial charge in [-0.1, -0.05) is 12.1 Å².